The molecule has 1 aliphatic carbocycles. The molecule has 6 nitrogen and oxygen atoms in total. The average Bonchev–Trinajstić information content (AvgIpc) is 3.36. The third-order valence-corrected chi connectivity index (χ3v) is 5.28. The molecule has 26 heavy (non-hydrogen) atoms. The number of carbonyl (C=O) groups excluding carboxylic acids is 1. The van der Waals surface area contributed by atoms with Crippen LogP contribution in [0.4, 0.5) is 24.5 Å². The Morgan fingerprint density at radius 2 is 1.69 bits per heavy atom. The highest BCUT2D eigenvalue weighted by molar-refractivity contribution is 7.89. The van der Waals surface area contributed by atoms with Crippen molar-refractivity contribution < 1.29 is 26.4 Å². The predicted molar refractivity (Wildman–Crippen MR) is 88.5 cm³/mol. The molecule has 0 radical (unpaired) electrons. The van der Waals surface area contributed by atoms with Gasteiger partial charge in [0, 0.05) is 29.4 Å². The smallest absolute Gasteiger partial charge is 0.255 e. The van der Waals surface area contributed by atoms with E-state index in [1.165, 1.54) is 12.1 Å². The highest BCUT2D eigenvalue weighted by Crippen LogP contribution is 2.26. The van der Waals surface area contributed by atoms with Crippen LogP contribution in [-0.2, 0) is 10.0 Å². The maximum absolute atomic E-state index is 13.2. The Morgan fingerprint density at radius 3 is 2.27 bits per heavy atom. The van der Waals surface area contributed by atoms with E-state index in [-0.39, 0.29) is 27.9 Å². The largest absolute Gasteiger partial charge is 0.398 e. The fourth-order valence-electron chi connectivity index (χ4n) is 2.22. The van der Waals surface area contributed by atoms with Gasteiger partial charge in [-0.15, -0.1) is 0 Å². The fraction of sp³-hybridized carbons (Fsp3) is 0.188. The molecule has 10 heteroatoms. The van der Waals surface area contributed by atoms with Gasteiger partial charge in [0.05, 0.1) is 5.69 Å². The number of hydrogen-bond acceptors (Lipinski definition) is 4. The van der Waals surface area contributed by atoms with Crippen molar-refractivity contribution in [3.8, 4) is 0 Å². The molecule has 0 heterocycles. The van der Waals surface area contributed by atoms with Crippen molar-refractivity contribution >= 4 is 27.3 Å². The van der Waals surface area contributed by atoms with Crippen LogP contribution in [-0.4, -0.2) is 20.4 Å². The number of amides is 1. The summed E-state index contributed by atoms with van der Waals surface area (Å²) in [5.41, 5.74) is 5.23. The predicted octanol–water partition coefficient (Wildman–Crippen LogP) is 2.38. The highest BCUT2D eigenvalue weighted by Gasteiger charge is 2.29. The van der Waals surface area contributed by atoms with E-state index < -0.39 is 33.4 Å². The number of nitrogen functional groups attached to an aromatic ring is 1. The number of nitrogens with one attached hydrogen (secondary N) is 2. The molecule has 138 valence electrons. The first-order valence-corrected chi connectivity index (χ1v) is 9.03. The summed E-state index contributed by atoms with van der Waals surface area (Å²) >= 11 is 0. The van der Waals surface area contributed by atoms with Crippen molar-refractivity contribution in [3.63, 3.8) is 0 Å². The van der Waals surface area contributed by atoms with Crippen LogP contribution in [0, 0.1) is 17.5 Å². The summed E-state index contributed by atoms with van der Waals surface area (Å²) in [6.07, 6.45) is 1.45. The zero-order chi connectivity index (χ0) is 19.1. The molecular weight excluding hydrogens is 371 g/mol. The quantitative estimate of drug-likeness (QED) is 0.543. The lowest BCUT2D eigenvalue weighted by molar-refractivity contribution is 0.102. The Hall–Kier alpha value is -2.59. The fourth-order valence-corrected chi connectivity index (χ4v) is 3.69. The highest BCUT2D eigenvalue weighted by atomic mass is 32.2. The number of hydrogen-bond donors (Lipinski definition) is 3. The van der Waals surface area contributed by atoms with Gasteiger partial charge in [-0.05, 0) is 31.0 Å². The van der Waals surface area contributed by atoms with Crippen molar-refractivity contribution in [2.75, 3.05) is 11.1 Å². The standard InChI is InChI=1S/C16H14F3N3O3S/c17-11-6-10(7-12(18)15(11)19)21-16(23)8-1-4-13(20)14(5-8)26(24,25)22-9-2-3-9/h1,4-7,9,22H,2-3,20H2,(H,21,23). The second-order valence-electron chi connectivity index (χ2n) is 5.86. The summed E-state index contributed by atoms with van der Waals surface area (Å²) < 4.78 is 66.4. The van der Waals surface area contributed by atoms with Gasteiger partial charge in [0.2, 0.25) is 10.0 Å². The summed E-state index contributed by atoms with van der Waals surface area (Å²) in [4.78, 5) is 12.0. The van der Waals surface area contributed by atoms with Crippen LogP contribution in [0.25, 0.3) is 0 Å². The monoisotopic (exact) mass is 385 g/mol. The van der Waals surface area contributed by atoms with Gasteiger partial charge >= 0.3 is 0 Å². The maximum atomic E-state index is 13.2. The zero-order valence-corrected chi connectivity index (χ0v) is 14.0. The van der Waals surface area contributed by atoms with E-state index in [0.29, 0.717) is 12.1 Å². The molecule has 1 saturated carbocycles. The van der Waals surface area contributed by atoms with Crippen LogP contribution in [0.2, 0.25) is 0 Å². The van der Waals surface area contributed by atoms with Crippen LogP contribution in [0.5, 0.6) is 0 Å². The minimum absolute atomic E-state index is 0.0476. The van der Waals surface area contributed by atoms with Crippen LogP contribution in [0.3, 0.4) is 0 Å². The van der Waals surface area contributed by atoms with Crippen molar-refractivity contribution in [2.45, 2.75) is 23.8 Å². The summed E-state index contributed by atoms with van der Waals surface area (Å²) in [6, 6.07) is 4.63. The van der Waals surface area contributed by atoms with Crippen molar-refractivity contribution in [1.82, 2.24) is 4.72 Å². The summed E-state index contributed by atoms with van der Waals surface area (Å²) in [5.74, 6) is -5.42. The van der Waals surface area contributed by atoms with E-state index in [9.17, 15) is 26.4 Å². The van der Waals surface area contributed by atoms with E-state index >= 15 is 0 Å². The average molecular weight is 385 g/mol. The van der Waals surface area contributed by atoms with Gasteiger partial charge in [0.25, 0.3) is 5.91 Å². The molecular formula is C16H14F3N3O3S. The molecule has 0 unspecified atom stereocenters. The lowest BCUT2D eigenvalue weighted by Gasteiger charge is -2.11. The first kappa shape index (κ1) is 18.2. The number of benzene rings is 2. The van der Waals surface area contributed by atoms with Crippen molar-refractivity contribution in [1.29, 1.82) is 0 Å². The van der Waals surface area contributed by atoms with Gasteiger partial charge in [-0.1, -0.05) is 0 Å². The van der Waals surface area contributed by atoms with Gasteiger partial charge in [0.15, 0.2) is 17.5 Å². The Bertz CT molecular complexity index is 968. The lowest BCUT2D eigenvalue weighted by atomic mass is 10.2. The van der Waals surface area contributed by atoms with Crippen molar-refractivity contribution in [2.24, 2.45) is 0 Å². The maximum Gasteiger partial charge on any atom is 0.255 e. The molecule has 1 aliphatic rings. The minimum atomic E-state index is -3.90. The van der Waals surface area contributed by atoms with Crippen LogP contribution < -0.4 is 15.8 Å². The third kappa shape index (κ3) is 3.81. The first-order valence-electron chi connectivity index (χ1n) is 7.55. The molecule has 1 amide bonds. The van der Waals surface area contributed by atoms with Gasteiger partial charge in [-0.3, -0.25) is 4.79 Å². The molecule has 4 N–H and O–H groups in total. The normalized spacial score (nSPS) is 14.3. The second-order valence-corrected chi connectivity index (χ2v) is 7.54. The Morgan fingerprint density at radius 1 is 1.08 bits per heavy atom. The lowest BCUT2D eigenvalue weighted by Crippen LogP contribution is -2.27. The molecule has 1 fully saturated rings. The van der Waals surface area contributed by atoms with Crippen LogP contribution in [0.1, 0.15) is 23.2 Å². The van der Waals surface area contributed by atoms with E-state index in [0.717, 1.165) is 18.9 Å². The van der Waals surface area contributed by atoms with E-state index in [4.69, 9.17) is 5.73 Å². The van der Waals surface area contributed by atoms with Crippen molar-refractivity contribution in [3.05, 3.63) is 53.3 Å². The van der Waals surface area contributed by atoms with E-state index in [1.807, 2.05) is 0 Å². The van der Waals surface area contributed by atoms with Crippen LogP contribution >= 0.6 is 0 Å². The second kappa shape index (κ2) is 6.61. The van der Waals surface area contributed by atoms with E-state index in [1.54, 1.807) is 0 Å². The third-order valence-electron chi connectivity index (χ3n) is 3.71. The summed E-state index contributed by atoms with van der Waals surface area (Å²) in [5, 5.41) is 2.18. The van der Waals surface area contributed by atoms with Crippen LogP contribution in [0.15, 0.2) is 35.2 Å². The number of sulfonamides is 1. The number of anilines is 2. The minimum Gasteiger partial charge on any atom is -0.398 e. The number of carbonyl (C=O) groups is 1. The first-order chi connectivity index (χ1) is 12.2. The number of halogens is 3. The molecule has 0 bridgehead atoms. The molecule has 0 aliphatic heterocycles. The Labute approximate surface area is 147 Å². The summed E-state index contributed by atoms with van der Waals surface area (Å²) in [7, 11) is -3.90. The van der Waals surface area contributed by atoms with E-state index in [2.05, 4.69) is 10.0 Å². The van der Waals surface area contributed by atoms with Gasteiger partial charge in [0.1, 0.15) is 4.90 Å². The molecule has 0 saturated heterocycles. The summed E-state index contributed by atoms with van der Waals surface area (Å²) in [6.45, 7) is 0. The SMILES string of the molecule is Nc1ccc(C(=O)Nc2cc(F)c(F)c(F)c2)cc1S(=O)(=O)NC1CC1. The molecule has 3 rings (SSSR count). The number of rotatable bonds is 5. The Balaban J connectivity index is 1.87. The molecule has 2 aromatic rings. The Kier molecular flexibility index (Phi) is 4.63. The molecule has 0 spiro atoms. The van der Waals surface area contributed by atoms with Gasteiger partial charge < -0.3 is 11.1 Å². The molecule has 2 aromatic carbocycles. The van der Waals surface area contributed by atoms with Gasteiger partial charge in [-0.25, -0.2) is 26.3 Å². The zero-order valence-electron chi connectivity index (χ0n) is 13.2. The molecule has 0 aromatic heterocycles. The molecule has 0 atom stereocenters. The topological polar surface area (TPSA) is 101 Å². The van der Waals surface area contributed by atoms with Gasteiger partial charge in [-0.2, -0.15) is 0 Å². The number of nitrogens with two attached hydrogens (primary N) is 1.